The van der Waals surface area contributed by atoms with Gasteiger partial charge in [0.1, 0.15) is 6.29 Å². The van der Waals surface area contributed by atoms with Gasteiger partial charge in [-0.1, -0.05) is 48.0 Å². The van der Waals surface area contributed by atoms with E-state index in [-0.39, 0.29) is 11.0 Å². The van der Waals surface area contributed by atoms with Crippen molar-refractivity contribution in [1.82, 2.24) is 0 Å². The average molecular weight is 489 g/mol. The Hall–Kier alpha value is -0.153. The van der Waals surface area contributed by atoms with Crippen molar-refractivity contribution in [3.63, 3.8) is 0 Å². The quantitative estimate of drug-likeness (QED) is 0.203. The molecule has 0 bridgehead atoms. The molecule has 0 radical (unpaired) electrons. The Balaban J connectivity index is 1.39. The van der Waals surface area contributed by atoms with Crippen LogP contribution in [0.15, 0.2) is 0 Å². The maximum Gasteiger partial charge on any atom is 0.191 e. The standard InChI is InChI=1S/C31H56O2Si/c1-22-15-17-30(5)24(20-22)11-12-25-27-14-13-26(31(27,6)18-16-28(25)30)23(21-32)10-9-19-33-34(7,8)29(2,3)4/h21-28H,9-20H2,1-8H3/t22-,23-,24-,25?,26+,27?,28?,30-,31+/m0/s1. The molecule has 0 heterocycles. The van der Waals surface area contributed by atoms with E-state index in [1.807, 2.05) is 0 Å². The molecule has 0 aromatic rings. The van der Waals surface area contributed by atoms with Crippen molar-refractivity contribution < 1.29 is 9.22 Å². The fourth-order valence-electron chi connectivity index (χ4n) is 9.44. The van der Waals surface area contributed by atoms with Gasteiger partial charge < -0.3 is 9.22 Å². The molecule has 4 rings (SSSR count). The van der Waals surface area contributed by atoms with E-state index in [1.54, 1.807) is 0 Å². The molecular weight excluding hydrogens is 432 g/mol. The smallest absolute Gasteiger partial charge is 0.191 e. The lowest BCUT2D eigenvalue weighted by atomic mass is 9.44. The molecule has 9 atom stereocenters. The largest absolute Gasteiger partial charge is 0.417 e. The molecule has 4 saturated carbocycles. The van der Waals surface area contributed by atoms with Gasteiger partial charge in [-0.05, 0) is 129 Å². The molecule has 0 aliphatic heterocycles. The van der Waals surface area contributed by atoms with Gasteiger partial charge >= 0.3 is 0 Å². The number of hydrogen-bond donors (Lipinski definition) is 0. The van der Waals surface area contributed by atoms with Crippen LogP contribution in [0.25, 0.3) is 0 Å². The lowest BCUT2D eigenvalue weighted by molar-refractivity contribution is -0.127. The van der Waals surface area contributed by atoms with E-state index in [0.717, 1.165) is 49.0 Å². The molecule has 0 aromatic carbocycles. The van der Waals surface area contributed by atoms with Crippen LogP contribution in [0, 0.1) is 52.3 Å². The van der Waals surface area contributed by atoms with Gasteiger partial charge in [-0.3, -0.25) is 0 Å². The van der Waals surface area contributed by atoms with Crippen LogP contribution in [-0.2, 0) is 9.22 Å². The summed E-state index contributed by atoms with van der Waals surface area (Å²) in [5.41, 5.74) is 0.984. The minimum absolute atomic E-state index is 0.233. The van der Waals surface area contributed by atoms with Crippen LogP contribution in [0.3, 0.4) is 0 Å². The van der Waals surface area contributed by atoms with Crippen molar-refractivity contribution in [3.8, 4) is 0 Å². The summed E-state index contributed by atoms with van der Waals surface area (Å²) in [6, 6.07) is 0. The number of fused-ring (bicyclic) bond motifs is 5. The lowest BCUT2D eigenvalue weighted by Crippen LogP contribution is -2.53. The summed E-state index contributed by atoms with van der Waals surface area (Å²) in [6.45, 7) is 20.2. The van der Waals surface area contributed by atoms with E-state index in [9.17, 15) is 4.79 Å². The predicted octanol–water partition coefficient (Wildman–Crippen LogP) is 8.90. The van der Waals surface area contributed by atoms with Gasteiger partial charge in [0.25, 0.3) is 0 Å². The van der Waals surface area contributed by atoms with Crippen LogP contribution in [0.4, 0.5) is 0 Å². The zero-order valence-electron chi connectivity index (χ0n) is 23.9. The predicted molar refractivity (Wildman–Crippen MR) is 146 cm³/mol. The molecule has 34 heavy (non-hydrogen) atoms. The SMILES string of the molecule is C[C@H]1CC[C@]2(C)C3CC[C@@]4(C)C(CC[C@@H]4[C@H](C=O)CCCO[Si](C)(C)C(C)(C)C)C3CC[C@H]2C1. The van der Waals surface area contributed by atoms with E-state index >= 15 is 0 Å². The van der Waals surface area contributed by atoms with Gasteiger partial charge in [0, 0.05) is 12.5 Å². The summed E-state index contributed by atoms with van der Waals surface area (Å²) in [5.74, 6) is 5.48. The molecule has 3 heteroatoms. The highest BCUT2D eigenvalue weighted by Gasteiger charge is 2.60. The van der Waals surface area contributed by atoms with Crippen molar-refractivity contribution in [1.29, 1.82) is 0 Å². The second-order valence-corrected chi connectivity index (χ2v) is 20.1. The van der Waals surface area contributed by atoms with E-state index in [1.165, 1.54) is 64.1 Å². The molecule has 3 unspecified atom stereocenters. The first-order chi connectivity index (χ1) is 15.8. The van der Waals surface area contributed by atoms with Gasteiger partial charge in [0.2, 0.25) is 0 Å². The Kier molecular flexibility index (Phi) is 7.61. The third kappa shape index (κ3) is 4.64. The van der Waals surface area contributed by atoms with Crippen LogP contribution in [-0.4, -0.2) is 21.2 Å². The minimum atomic E-state index is -1.70. The Morgan fingerprint density at radius 1 is 0.971 bits per heavy atom. The van der Waals surface area contributed by atoms with E-state index in [2.05, 4.69) is 54.6 Å². The normalized spacial score (nSPS) is 43.5. The van der Waals surface area contributed by atoms with Crippen molar-refractivity contribution >= 4 is 14.6 Å². The van der Waals surface area contributed by atoms with Gasteiger partial charge in [-0.2, -0.15) is 0 Å². The molecule has 0 N–H and O–H groups in total. The first-order valence-corrected chi connectivity index (χ1v) is 17.8. The van der Waals surface area contributed by atoms with Gasteiger partial charge in [-0.15, -0.1) is 0 Å². The van der Waals surface area contributed by atoms with Crippen LogP contribution in [0.1, 0.15) is 112 Å². The van der Waals surface area contributed by atoms with Crippen LogP contribution in [0.2, 0.25) is 18.1 Å². The third-order valence-electron chi connectivity index (χ3n) is 12.6. The first kappa shape index (κ1) is 26.9. The molecule has 4 aliphatic rings. The topological polar surface area (TPSA) is 26.3 Å². The highest BCUT2D eigenvalue weighted by molar-refractivity contribution is 6.74. The molecule has 0 spiro atoms. The summed E-state index contributed by atoms with van der Waals surface area (Å²) in [5, 5.41) is 0.258. The number of rotatable bonds is 7. The number of carbonyl (C=O) groups is 1. The molecule has 0 saturated heterocycles. The number of carbonyl (C=O) groups excluding carboxylic acids is 1. The third-order valence-corrected chi connectivity index (χ3v) is 17.2. The lowest BCUT2D eigenvalue weighted by Gasteiger charge is -2.61. The number of aldehydes is 1. The molecular formula is C31H56O2Si. The molecule has 4 aliphatic carbocycles. The number of hydrogen-bond acceptors (Lipinski definition) is 2. The van der Waals surface area contributed by atoms with Crippen molar-refractivity contribution in [2.24, 2.45) is 52.3 Å². The Labute approximate surface area is 212 Å². The molecule has 4 fully saturated rings. The van der Waals surface area contributed by atoms with Gasteiger partial charge in [-0.25, -0.2) is 0 Å². The Bertz CT molecular complexity index is 725. The van der Waals surface area contributed by atoms with Gasteiger partial charge in [0.05, 0.1) is 0 Å². The zero-order chi connectivity index (χ0) is 24.9. The summed E-state index contributed by atoms with van der Waals surface area (Å²) in [4.78, 5) is 12.4. The molecule has 0 amide bonds. The Morgan fingerprint density at radius 2 is 1.65 bits per heavy atom. The van der Waals surface area contributed by atoms with Crippen LogP contribution in [0.5, 0.6) is 0 Å². The van der Waals surface area contributed by atoms with Crippen molar-refractivity contribution in [3.05, 3.63) is 0 Å². The monoisotopic (exact) mass is 488 g/mol. The molecule has 196 valence electrons. The Morgan fingerprint density at radius 3 is 2.32 bits per heavy atom. The zero-order valence-corrected chi connectivity index (χ0v) is 24.9. The fraction of sp³-hybridized carbons (Fsp3) is 0.968. The highest BCUT2D eigenvalue weighted by atomic mass is 28.4. The fourth-order valence-corrected chi connectivity index (χ4v) is 10.5. The van der Waals surface area contributed by atoms with Crippen LogP contribution < -0.4 is 0 Å². The summed E-state index contributed by atoms with van der Waals surface area (Å²) in [7, 11) is -1.70. The summed E-state index contributed by atoms with van der Waals surface area (Å²) >= 11 is 0. The summed E-state index contributed by atoms with van der Waals surface area (Å²) in [6.07, 6.45) is 16.2. The van der Waals surface area contributed by atoms with Gasteiger partial charge in [0.15, 0.2) is 8.32 Å². The maximum atomic E-state index is 12.4. The average Bonchev–Trinajstić information content (AvgIpc) is 3.10. The first-order valence-electron chi connectivity index (χ1n) is 14.9. The minimum Gasteiger partial charge on any atom is -0.417 e. The highest BCUT2D eigenvalue weighted by Crippen LogP contribution is 2.68. The van der Waals surface area contributed by atoms with E-state index in [0.29, 0.717) is 16.7 Å². The second kappa shape index (κ2) is 9.62. The van der Waals surface area contributed by atoms with Crippen molar-refractivity contribution in [2.45, 2.75) is 130 Å². The van der Waals surface area contributed by atoms with Crippen molar-refractivity contribution in [2.75, 3.05) is 6.61 Å². The van der Waals surface area contributed by atoms with Crippen LogP contribution >= 0.6 is 0 Å². The molecule has 2 nitrogen and oxygen atoms in total. The van der Waals surface area contributed by atoms with E-state index < -0.39 is 8.32 Å². The second-order valence-electron chi connectivity index (χ2n) is 15.3. The van der Waals surface area contributed by atoms with E-state index in [4.69, 9.17) is 4.43 Å². The summed E-state index contributed by atoms with van der Waals surface area (Å²) < 4.78 is 6.45. The molecule has 0 aromatic heterocycles. The maximum absolute atomic E-state index is 12.4.